The summed E-state index contributed by atoms with van der Waals surface area (Å²) < 4.78 is 1.70. The van der Waals surface area contributed by atoms with Crippen molar-refractivity contribution in [1.29, 1.82) is 0 Å². The van der Waals surface area contributed by atoms with Gasteiger partial charge in [-0.25, -0.2) is 4.68 Å². The first-order valence-electron chi connectivity index (χ1n) is 7.43. The van der Waals surface area contributed by atoms with Crippen LogP contribution in [0.15, 0.2) is 42.5 Å². The molecule has 1 heterocycles. The van der Waals surface area contributed by atoms with E-state index in [0.717, 1.165) is 29.4 Å². The Balaban J connectivity index is 2.00. The highest BCUT2D eigenvalue weighted by Crippen LogP contribution is 2.29. The summed E-state index contributed by atoms with van der Waals surface area (Å²) in [7, 11) is 0. The van der Waals surface area contributed by atoms with E-state index in [2.05, 4.69) is 17.2 Å². The smallest absolute Gasteiger partial charge is 0.144 e. The molecule has 3 rings (SSSR count). The fraction of sp³-hybridized carbons (Fsp3) is 0.294. The SMILES string of the molecule is CCCCCc1cccc(-n2nnc3ccccc32)c1O. The number of fused-ring (bicyclic) bond motifs is 1. The van der Waals surface area contributed by atoms with E-state index in [1.165, 1.54) is 12.8 Å². The van der Waals surface area contributed by atoms with Crippen LogP contribution >= 0.6 is 0 Å². The second kappa shape index (κ2) is 5.95. The van der Waals surface area contributed by atoms with E-state index in [9.17, 15) is 5.11 Å². The number of phenols is 1. The highest BCUT2D eigenvalue weighted by atomic mass is 16.3. The first-order valence-corrected chi connectivity index (χ1v) is 7.43. The Bertz CT molecular complexity index is 749. The number of phenolic OH excluding ortho intramolecular Hbond substituents is 1. The maximum absolute atomic E-state index is 10.5. The summed E-state index contributed by atoms with van der Waals surface area (Å²) in [6.45, 7) is 2.18. The van der Waals surface area contributed by atoms with E-state index < -0.39 is 0 Å². The van der Waals surface area contributed by atoms with E-state index in [1.807, 2.05) is 42.5 Å². The molecule has 0 spiro atoms. The Kier molecular flexibility index (Phi) is 3.86. The molecule has 0 atom stereocenters. The molecule has 1 aromatic heterocycles. The number of para-hydroxylation sites is 2. The van der Waals surface area contributed by atoms with Crippen LogP contribution in [-0.2, 0) is 6.42 Å². The van der Waals surface area contributed by atoms with Gasteiger partial charge in [0.25, 0.3) is 0 Å². The molecule has 0 saturated heterocycles. The summed E-state index contributed by atoms with van der Waals surface area (Å²) in [5, 5.41) is 18.8. The van der Waals surface area contributed by atoms with Crippen molar-refractivity contribution in [2.45, 2.75) is 32.6 Å². The van der Waals surface area contributed by atoms with E-state index in [0.29, 0.717) is 11.4 Å². The number of aryl methyl sites for hydroxylation is 1. The van der Waals surface area contributed by atoms with Crippen molar-refractivity contribution in [3.05, 3.63) is 48.0 Å². The fourth-order valence-electron chi connectivity index (χ4n) is 2.56. The lowest BCUT2D eigenvalue weighted by Crippen LogP contribution is -1.99. The third kappa shape index (κ3) is 2.61. The summed E-state index contributed by atoms with van der Waals surface area (Å²) in [4.78, 5) is 0. The maximum Gasteiger partial charge on any atom is 0.144 e. The monoisotopic (exact) mass is 281 g/mol. The van der Waals surface area contributed by atoms with Crippen LogP contribution in [0.1, 0.15) is 31.7 Å². The van der Waals surface area contributed by atoms with E-state index in [-0.39, 0.29) is 0 Å². The molecule has 0 aliphatic carbocycles. The number of nitrogens with zero attached hydrogens (tertiary/aromatic N) is 3. The van der Waals surface area contributed by atoms with Gasteiger partial charge in [0.05, 0.1) is 5.52 Å². The average molecular weight is 281 g/mol. The molecule has 21 heavy (non-hydrogen) atoms. The minimum Gasteiger partial charge on any atom is -0.505 e. The van der Waals surface area contributed by atoms with Crippen LogP contribution in [0.2, 0.25) is 0 Å². The van der Waals surface area contributed by atoms with Crippen molar-refractivity contribution in [2.24, 2.45) is 0 Å². The van der Waals surface area contributed by atoms with Gasteiger partial charge in [0.1, 0.15) is 17.0 Å². The van der Waals surface area contributed by atoms with Crippen molar-refractivity contribution in [3.8, 4) is 11.4 Å². The van der Waals surface area contributed by atoms with Gasteiger partial charge in [0.15, 0.2) is 0 Å². The molecular weight excluding hydrogens is 262 g/mol. The summed E-state index contributed by atoms with van der Waals surface area (Å²) in [5.74, 6) is 0.309. The summed E-state index contributed by atoms with van der Waals surface area (Å²) in [5.41, 5.74) is 3.39. The second-order valence-electron chi connectivity index (χ2n) is 5.23. The van der Waals surface area contributed by atoms with Gasteiger partial charge in [-0.2, -0.15) is 0 Å². The Morgan fingerprint density at radius 2 is 1.90 bits per heavy atom. The Morgan fingerprint density at radius 1 is 1.05 bits per heavy atom. The normalized spacial score (nSPS) is 11.1. The first-order chi connectivity index (χ1) is 10.3. The van der Waals surface area contributed by atoms with Crippen LogP contribution in [0.4, 0.5) is 0 Å². The van der Waals surface area contributed by atoms with E-state index in [1.54, 1.807) is 4.68 Å². The summed E-state index contributed by atoms with van der Waals surface area (Å²) in [6, 6.07) is 13.6. The molecule has 2 aromatic carbocycles. The molecule has 0 bridgehead atoms. The maximum atomic E-state index is 10.5. The van der Waals surface area contributed by atoms with E-state index in [4.69, 9.17) is 0 Å². The highest BCUT2D eigenvalue weighted by Gasteiger charge is 2.12. The summed E-state index contributed by atoms with van der Waals surface area (Å²) in [6.07, 6.45) is 4.33. The molecule has 0 aliphatic rings. The fourth-order valence-corrected chi connectivity index (χ4v) is 2.56. The molecule has 0 amide bonds. The van der Waals surface area contributed by atoms with Crippen molar-refractivity contribution >= 4 is 11.0 Å². The molecule has 0 fully saturated rings. The van der Waals surface area contributed by atoms with Crippen molar-refractivity contribution in [1.82, 2.24) is 15.0 Å². The highest BCUT2D eigenvalue weighted by molar-refractivity contribution is 5.76. The van der Waals surface area contributed by atoms with Gasteiger partial charge in [-0.05, 0) is 36.6 Å². The zero-order valence-corrected chi connectivity index (χ0v) is 12.2. The lowest BCUT2D eigenvalue weighted by Gasteiger charge is -2.10. The van der Waals surface area contributed by atoms with Gasteiger partial charge in [-0.1, -0.05) is 49.2 Å². The Morgan fingerprint density at radius 3 is 2.76 bits per heavy atom. The quantitative estimate of drug-likeness (QED) is 0.722. The third-order valence-electron chi connectivity index (χ3n) is 3.73. The van der Waals surface area contributed by atoms with Gasteiger partial charge < -0.3 is 5.11 Å². The van der Waals surface area contributed by atoms with Gasteiger partial charge >= 0.3 is 0 Å². The van der Waals surface area contributed by atoms with Crippen LogP contribution in [0.3, 0.4) is 0 Å². The van der Waals surface area contributed by atoms with Gasteiger partial charge in [-0.15, -0.1) is 5.10 Å². The standard InChI is InChI=1S/C17H19N3O/c1-2-3-4-8-13-9-7-12-16(17(13)21)20-15-11-6-5-10-14(15)18-19-20/h5-7,9-12,21H,2-4,8H2,1H3. The van der Waals surface area contributed by atoms with Crippen molar-refractivity contribution < 1.29 is 5.11 Å². The third-order valence-corrected chi connectivity index (χ3v) is 3.73. The van der Waals surface area contributed by atoms with Crippen LogP contribution in [-0.4, -0.2) is 20.1 Å². The number of rotatable bonds is 5. The lowest BCUT2D eigenvalue weighted by atomic mass is 10.1. The zero-order valence-electron chi connectivity index (χ0n) is 12.2. The molecule has 0 saturated carbocycles. The number of hydrogen-bond acceptors (Lipinski definition) is 3. The number of hydrogen-bond donors (Lipinski definition) is 1. The van der Waals surface area contributed by atoms with Crippen LogP contribution in [0.5, 0.6) is 5.75 Å². The second-order valence-corrected chi connectivity index (χ2v) is 5.23. The predicted octanol–water partition coefficient (Wildman–Crippen LogP) is 3.86. The minimum atomic E-state index is 0.309. The number of aromatic hydroxyl groups is 1. The Labute approximate surface area is 124 Å². The number of aromatic nitrogens is 3. The molecule has 0 aliphatic heterocycles. The van der Waals surface area contributed by atoms with Crippen LogP contribution in [0, 0.1) is 0 Å². The van der Waals surface area contributed by atoms with E-state index >= 15 is 0 Å². The van der Waals surface area contributed by atoms with Crippen LogP contribution < -0.4 is 0 Å². The molecule has 0 radical (unpaired) electrons. The molecular formula is C17H19N3O. The average Bonchev–Trinajstić information content (AvgIpc) is 2.93. The first kappa shape index (κ1) is 13.6. The largest absolute Gasteiger partial charge is 0.505 e. The molecule has 4 heteroatoms. The Hall–Kier alpha value is -2.36. The topological polar surface area (TPSA) is 50.9 Å². The predicted molar refractivity (Wildman–Crippen MR) is 83.8 cm³/mol. The lowest BCUT2D eigenvalue weighted by molar-refractivity contribution is 0.461. The summed E-state index contributed by atoms with van der Waals surface area (Å²) >= 11 is 0. The zero-order chi connectivity index (χ0) is 14.7. The minimum absolute atomic E-state index is 0.309. The van der Waals surface area contributed by atoms with Crippen molar-refractivity contribution in [2.75, 3.05) is 0 Å². The van der Waals surface area contributed by atoms with Crippen LogP contribution in [0.25, 0.3) is 16.7 Å². The number of benzene rings is 2. The van der Waals surface area contributed by atoms with Gasteiger partial charge in [0, 0.05) is 0 Å². The molecule has 4 nitrogen and oxygen atoms in total. The van der Waals surface area contributed by atoms with Crippen molar-refractivity contribution in [3.63, 3.8) is 0 Å². The van der Waals surface area contributed by atoms with Gasteiger partial charge in [-0.3, -0.25) is 0 Å². The molecule has 3 aromatic rings. The molecule has 1 N–H and O–H groups in total. The number of unbranched alkanes of at least 4 members (excludes halogenated alkanes) is 2. The molecule has 0 unspecified atom stereocenters. The molecule has 108 valence electrons. The van der Waals surface area contributed by atoms with Gasteiger partial charge in [0.2, 0.25) is 0 Å².